The third kappa shape index (κ3) is 2.15. The summed E-state index contributed by atoms with van der Waals surface area (Å²) in [6, 6.07) is 1.02. The number of hydrogen-bond donors (Lipinski definition) is 0. The predicted octanol–water partition coefficient (Wildman–Crippen LogP) is 2.97. The zero-order chi connectivity index (χ0) is 11.4. The van der Waals surface area contributed by atoms with E-state index in [9.17, 15) is 13.6 Å². The van der Waals surface area contributed by atoms with Crippen LogP contribution in [0.5, 0.6) is 0 Å². The van der Waals surface area contributed by atoms with E-state index in [1.165, 1.54) is 19.2 Å². The van der Waals surface area contributed by atoms with Crippen LogP contribution in [0.3, 0.4) is 0 Å². The van der Waals surface area contributed by atoms with Crippen LogP contribution in [0, 0.1) is 18.6 Å². The summed E-state index contributed by atoms with van der Waals surface area (Å²) in [5.74, 6) is -1.79. The van der Waals surface area contributed by atoms with Gasteiger partial charge in [0.2, 0.25) is 0 Å². The van der Waals surface area contributed by atoms with Crippen LogP contribution in [-0.2, 0) is 0 Å². The lowest BCUT2D eigenvalue weighted by molar-refractivity contribution is 0.111. The maximum atomic E-state index is 13.4. The highest BCUT2D eigenvalue weighted by molar-refractivity contribution is 5.79. The normalized spacial score (nSPS) is 10.6. The number of nitrogens with zero attached hydrogens (tertiary/aromatic N) is 1. The molecule has 0 saturated carbocycles. The second kappa shape index (κ2) is 4.59. The van der Waals surface area contributed by atoms with Gasteiger partial charge in [-0.2, -0.15) is 0 Å². The molecule has 0 atom stereocenters. The Balaban J connectivity index is 3.39. The van der Waals surface area contributed by atoms with Gasteiger partial charge in [0.15, 0.2) is 6.29 Å². The summed E-state index contributed by atoms with van der Waals surface area (Å²) in [5, 5.41) is 0. The van der Waals surface area contributed by atoms with Crippen LogP contribution in [0.1, 0.15) is 15.9 Å². The van der Waals surface area contributed by atoms with Gasteiger partial charge in [0.05, 0.1) is 11.3 Å². The first kappa shape index (κ1) is 11.2. The number of allylic oxidation sites excluding steroid dienone is 1. The number of benzene rings is 1. The fourth-order valence-corrected chi connectivity index (χ4v) is 1.10. The van der Waals surface area contributed by atoms with E-state index in [-0.39, 0.29) is 17.5 Å². The van der Waals surface area contributed by atoms with Gasteiger partial charge < -0.3 is 0 Å². The first-order chi connectivity index (χ1) is 7.11. The van der Waals surface area contributed by atoms with Crippen LogP contribution < -0.4 is 0 Å². The van der Waals surface area contributed by atoms with Crippen LogP contribution in [0.25, 0.3) is 0 Å². The van der Waals surface area contributed by atoms with Crippen LogP contribution in [-0.4, -0.2) is 12.5 Å². The van der Waals surface area contributed by atoms with Crippen molar-refractivity contribution in [1.29, 1.82) is 0 Å². The average molecular weight is 209 g/mol. The lowest BCUT2D eigenvalue weighted by Crippen LogP contribution is -1.97. The largest absolute Gasteiger partial charge is 0.298 e. The standard InChI is InChI=1S/C11H9F2NO/c1-3-4-14-10-5-9(12)8(6-15)11(13)7(10)2/h3-6H,1H2,2H3. The fourth-order valence-electron chi connectivity index (χ4n) is 1.10. The molecule has 0 bridgehead atoms. The topological polar surface area (TPSA) is 29.4 Å². The van der Waals surface area contributed by atoms with Gasteiger partial charge in [-0.1, -0.05) is 12.7 Å². The SMILES string of the molecule is C=CC=Nc1cc(F)c(C=O)c(F)c1C. The Morgan fingerprint density at radius 2 is 2.13 bits per heavy atom. The molecule has 1 aromatic rings. The predicted molar refractivity (Wildman–Crippen MR) is 54.8 cm³/mol. The second-order valence-electron chi connectivity index (χ2n) is 2.86. The molecule has 0 amide bonds. The highest BCUT2D eigenvalue weighted by Gasteiger charge is 2.14. The highest BCUT2D eigenvalue weighted by atomic mass is 19.1. The van der Waals surface area contributed by atoms with E-state index >= 15 is 0 Å². The van der Waals surface area contributed by atoms with Crippen molar-refractivity contribution in [3.05, 3.63) is 41.5 Å². The van der Waals surface area contributed by atoms with Crippen LogP contribution in [0.4, 0.5) is 14.5 Å². The number of hydrogen-bond acceptors (Lipinski definition) is 2. The summed E-state index contributed by atoms with van der Waals surface area (Å²) in [4.78, 5) is 14.2. The summed E-state index contributed by atoms with van der Waals surface area (Å²) in [6.45, 7) is 4.82. The zero-order valence-electron chi connectivity index (χ0n) is 8.13. The van der Waals surface area contributed by atoms with Crippen molar-refractivity contribution in [2.24, 2.45) is 4.99 Å². The number of carbonyl (C=O) groups is 1. The molecular formula is C11H9F2NO. The molecule has 15 heavy (non-hydrogen) atoms. The number of rotatable bonds is 3. The molecule has 78 valence electrons. The van der Waals surface area contributed by atoms with Crippen molar-refractivity contribution in [3.63, 3.8) is 0 Å². The van der Waals surface area contributed by atoms with Crippen LogP contribution in [0.2, 0.25) is 0 Å². The van der Waals surface area contributed by atoms with E-state index in [4.69, 9.17) is 0 Å². The lowest BCUT2D eigenvalue weighted by atomic mass is 10.1. The second-order valence-corrected chi connectivity index (χ2v) is 2.86. The molecule has 2 nitrogen and oxygen atoms in total. The smallest absolute Gasteiger partial charge is 0.155 e. The van der Waals surface area contributed by atoms with Gasteiger partial charge in [-0.3, -0.25) is 9.79 Å². The maximum absolute atomic E-state index is 13.4. The Morgan fingerprint density at radius 3 is 2.67 bits per heavy atom. The van der Waals surface area contributed by atoms with Gasteiger partial charge in [0.1, 0.15) is 11.6 Å². The van der Waals surface area contributed by atoms with E-state index in [1.807, 2.05) is 0 Å². The molecular weight excluding hydrogens is 200 g/mol. The highest BCUT2D eigenvalue weighted by Crippen LogP contribution is 2.25. The van der Waals surface area contributed by atoms with Crippen LogP contribution >= 0.6 is 0 Å². The van der Waals surface area contributed by atoms with Crippen LogP contribution in [0.15, 0.2) is 23.7 Å². The number of aldehydes is 1. The third-order valence-electron chi connectivity index (χ3n) is 1.91. The van der Waals surface area contributed by atoms with Gasteiger partial charge in [0.25, 0.3) is 0 Å². The van der Waals surface area contributed by atoms with Gasteiger partial charge in [-0.25, -0.2) is 8.78 Å². The molecule has 0 aromatic heterocycles. The lowest BCUT2D eigenvalue weighted by Gasteiger charge is -2.04. The molecule has 0 fully saturated rings. The molecule has 0 aliphatic carbocycles. The number of carbonyl (C=O) groups excluding carboxylic acids is 1. The summed E-state index contributed by atoms with van der Waals surface area (Å²) >= 11 is 0. The van der Waals surface area contributed by atoms with Crippen molar-refractivity contribution in [1.82, 2.24) is 0 Å². The minimum atomic E-state index is -0.913. The van der Waals surface area contributed by atoms with Crippen molar-refractivity contribution in [2.45, 2.75) is 6.92 Å². The van der Waals surface area contributed by atoms with Gasteiger partial charge in [0, 0.05) is 17.8 Å². The monoisotopic (exact) mass is 209 g/mol. The Labute approximate surface area is 86.0 Å². The first-order valence-electron chi connectivity index (χ1n) is 4.20. The fraction of sp³-hybridized carbons (Fsp3) is 0.0909. The van der Waals surface area contributed by atoms with E-state index in [1.54, 1.807) is 0 Å². The number of halogens is 2. The van der Waals surface area contributed by atoms with Crippen molar-refractivity contribution >= 4 is 18.2 Å². The minimum Gasteiger partial charge on any atom is -0.298 e. The molecule has 0 unspecified atom stereocenters. The molecule has 0 saturated heterocycles. The molecule has 0 aliphatic rings. The Morgan fingerprint density at radius 1 is 1.47 bits per heavy atom. The van der Waals surface area contributed by atoms with E-state index < -0.39 is 17.2 Å². The average Bonchev–Trinajstić information content (AvgIpc) is 2.22. The molecule has 4 heteroatoms. The summed E-state index contributed by atoms with van der Waals surface area (Å²) < 4.78 is 26.5. The molecule has 0 N–H and O–H groups in total. The quantitative estimate of drug-likeness (QED) is 0.555. The molecule has 0 aliphatic heterocycles. The van der Waals surface area contributed by atoms with Crippen molar-refractivity contribution in [2.75, 3.05) is 0 Å². The minimum absolute atomic E-state index is 0.136. The van der Waals surface area contributed by atoms with Gasteiger partial charge in [-0.05, 0) is 6.92 Å². The number of aliphatic imine (C=N–C) groups is 1. The van der Waals surface area contributed by atoms with E-state index in [0.29, 0.717) is 0 Å². The molecule has 0 heterocycles. The Hall–Kier alpha value is -1.84. The zero-order valence-corrected chi connectivity index (χ0v) is 8.13. The Bertz CT molecular complexity index is 439. The van der Waals surface area contributed by atoms with Gasteiger partial charge in [-0.15, -0.1) is 0 Å². The maximum Gasteiger partial charge on any atom is 0.155 e. The molecule has 1 rings (SSSR count). The van der Waals surface area contributed by atoms with E-state index in [0.717, 1.165) is 6.07 Å². The van der Waals surface area contributed by atoms with E-state index in [2.05, 4.69) is 11.6 Å². The third-order valence-corrected chi connectivity index (χ3v) is 1.91. The first-order valence-corrected chi connectivity index (χ1v) is 4.20. The molecule has 0 radical (unpaired) electrons. The van der Waals surface area contributed by atoms with Crippen molar-refractivity contribution in [3.8, 4) is 0 Å². The Kier molecular flexibility index (Phi) is 3.44. The van der Waals surface area contributed by atoms with Crippen molar-refractivity contribution < 1.29 is 13.6 Å². The summed E-state index contributed by atoms with van der Waals surface area (Å²) in [6.07, 6.45) is 2.86. The molecule has 0 spiro atoms. The van der Waals surface area contributed by atoms with Gasteiger partial charge >= 0.3 is 0 Å². The summed E-state index contributed by atoms with van der Waals surface area (Å²) in [7, 11) is 0. The molecule has 1 aromatic carbocycles. The summed E-state index contributed by atoms with van der Waals surface area (Å²) in [5.41, 5.74) is -0.280.